The van der Waals surface area contributed by atoms with E-state index in [1.165, 1.54) is 16.0 Å². The summed E-state index contributed by atoms with van der Waals surface area (Å²) >= 11 is 1.66. The normalized spacial score (nSPS) is 15.1. The smallest absolute Gasteiger partial charge is 0.260 e. The highest BCUT2D eigenvalue weighted by molar-refractivity contribution is 7.18. The van der Waals surface area contributed by atoms with Crippen molar-refractivity contribution in [1.82, 2.24) is 9.97 Å². The van der Waals surface area contributed by atoms with Gasteiger partial charge in [-0.25, -0.2) is 4.98 Å². The number of methoxy groups -OCH3 is 1. The second-order valence-electron chi connectivity index (χ2n) is 9.63. The summed E-state index contributed by atoms with van der Waals surface area (Å²) in [5, 5.41) is 0.764. The maximum Gasteiger partial charge on any atom is 0.260 e. The number of rotatable bonds is 8. The van der Waals surface area contributed by atoms with Gasteiger partial charge in [-0.3, -0.25) is 4.79 Å². The molecule has 36 heavy (non-hydrogen) atoms. The van der Waals surface area contributed by atoms with E-state index >= 15 is 0 Å². The molecule has 0 saturated carbocycles. The highest BCUT2D eigenvalue weighted by Crippen LogP contribution is 2.37. The summed E-state index contributed by atoms with van der Waals surface area (Å²) in [6.45, 7) is 7.47. The summed E-state index contributed by atoms with van der Waals surface area (Å²) in [5.74, 6) is 3.36. The first kappa shape index (κ1) is 24.4. The minimum Gasteiger partial charge on any atom is -0.493 e. The van der Waals surface area contributed by atoms with Crippen LogP contribution < -0.4 is 19.8 Å². The summed E-state index contributed by atoms with van der Waals surface area (Å²) in [7, 11) is 1.61. The van der Waals surface area contributed by atoms with E-state index in [9.17, 15) is 4.79 Å². The Labute approximate surface area is 215 Å². The number of fused-ring (bicyclic) bond motifs is 3. The summed E-state index contributed by atoms with van der Waals surface area (Å²) in [6.07, 6.45) is 3.85. The van der Waals surface area contributed by atoms with Crippen LogP contribution in [0.5, 0.6) is 17.2 Å². The zero-order valence-corrected chi connectivity index (χ0v) is 22.1. The third kappa shape index (κ3) is 4.98. The lowest BCUT2D eigenvalue weighted by atomic mass is 9.89. The fourth-order valence-electron chi connectivity index (χ4n) is 4.80. The number of hydrogen-bond donors (Lipinski definition) is 1. The molecule has 0 radical (unpaired) electrons. The van der Waals surface area contributed by atoms with Gasteiger partial charge in [-0.2, -0.15) is 0 Å². The van der Waals surface area contributed by atoms with Crippen molar-refractivity contribution in [3.63, 3.8) is 0 Å². The third-order valence-electron chi connectivity index (χ3n) is 6.74. The van der Waals surface area contributed by atoms with Crippen molar-refractivity contribution in [2.24, 2.45) is 5.92 Å². The number of aryl methyl sites for hydroxylation is 3. The van der Waals surface area contributed by atoms with Gasteiger partial charge in [-0.1, -0.05) is 24.6 Å². The lowest BCUT2D eigenvalue weighted by molar-refractivity contribution is 0.240. The molecule has 5 rings (SSSR count). The second kappa shape index (κ2) is 10.3. The van der Waals surface area contributed by atoms with Crippen LogP contribution in [-0.4, -0.2) is 30.3 Å². The van der Waals surface area contributed by atoms with E-state index in [0.29, 0.717) is 36.5 Å². The molecule has 188 valence electrons. The molecule has 4 aromatic rings. The number of aromatic amines is 1. The van der Waals surface area contributed by atoms with Crippen molar-refractivity contribution in [2.45, 2.75) is 46.5 Å². The van der Waals surface area contributed by atoms with Gasteiger partial charge in [0.15, 0.2) is 11.5 Å². The van der Waals surface area contributed by atoms with E-state index in [0.717, 1.165) is 52.8 Å². The van der Waals surface area contributed by atoms with Crippen LogP contribution in [0.1, 0.15) is 41.3 Å². The van der Waals surface area contributed by atoms with E-state index in [1.54, 1.807) is 18.4 Å². The molecule has 0 saturated heterocycles. The first-order valence-electron chi connectivity index (χ1n) is 12.5. The second-order valence-corrected chi connectivity index (χ2v) is 10.7. The molecule has 1 atom stereocenters. The number of nitrogens with zero attached hydrogens (tertiary/aromatic N) is 1. The Balaban J connectivity index is 1.27. The van der Waals surface area contributed by atoms with Gasteiger partial charge in [0, 0.05) is 16.9 Å². The van der Waals surface area contributed by atoms with Crippen molar-refractivity contribution in [3.05, 3.63) is 68.3 Å². The number of benzene rings is 2. The van der Waals surface area contributed by atoms with Crippen LogP contribution in [0.3, 0.4) is 0 Å². The molecule has 2 heterocycles. The highest BCUT2D eigenvalue weighted by Gasteiger charge is 2.23. The monoisotopic (exact) mass is 504 g/mol. The van der Waals surface area contributed by atoms with Crippen LogP contribution in [-0.2, 0) is 12.8 Å². The number of H-pyrrole nitrogens is 1. The Kier molecular flexibility index (Phi) is 7.01. The van der Waals surface area contributed by atoms with Gasteiger partial charge < -0.3 is 19.2 Å². The summed E-state index contributed by atoms with van der Waals surface area (Å²) in [4.78, 5) is 22.9. The fourth-order valence-corrected chi connectivity index (χ4v) is 6.19. The lowest BCUT2D eigenvalue weighted by Crippen LogP contribution is -2.13. The van der Waals surface area contributed by atoms with E-state index < -0.39 is 0 Å². The minimum atomic E-state index is -0.0647. The van der Waals surface area contributed by atoms with Crippen LogP contribution in [0.4, 0.5) is 0 Å². The predicted molar refractivity (Wildman–Crippen MR) is 145 cm³/mol. The SMILES string of the molecule is COc1cc(-c2nc3sc4c(c3c(=O)[nH]2)CC[C@H](C)C4)ccc1OCCCOc1ccc(C)cc1C. The molecule has 0 unspecified atom stereocenters. The Morgan fingerprint density at radius 1 is 1.06 bits per heavy atom. The van der Waals surface area contributed by atoms with Gasteiger partial charge in [0.25, 0.3) is 5.56 Å². The zero-order chi connectivity index (χ0) is 25.2. The number of thiophene rings is 1. The van der Waals surface area contributed by atoms with Crippen LogP contribution in [0.2, 0.25) is 0 Å². The molecule has 1 aliphatic carbocycles. The lowest BCUT2D eigenvalue weighted by Gasteiger charge is -2.17. The molecular weight excluding hydrogens is 472 g/mol. The third-order valence-corrected chi connectivity index (χ3v) is 7.88. The molecule has 1 N–H and O–H groups in total. The number of hydrogen-bond acceptors (Lipinski definition) is 6. The van der Waals surface area contributed by atoms with E-state index in [1.807, 2.05) is 24.3 Å². The topological polar surface area (TPSA) is 73.4 Å². The first-order chi connectivity index (χ1) is 17.4. The predicted octanol–water partition coefficient (Wildman–Crippen LogP) is 6.25. The molecule has 6 nitrogen and oxygen atoms in total. The molecule has 0 aliphatic heterocycles. The van der Waals surface area contributed by atoms with Gasteiger partial charge in [-0.05, 0) is 74.4 Å². The first-order valence-corrected chi connectivity index (χ1v) is 13.3. The minimum absolute atomic E-state index is 0.0647. The van der Waals surface area contributed by atoms with Crippen molar-refractivity contribution in [3.8, 4) is 28.6 Å². The van der Waals surface area contributed by atoms with Crippen LogP contribution >= 0.6 is 11.3 Å². The largest absolute Gasteiger partial charge is 0.493 e. The van der Waals surface area contributed by atoms with Crippen LogP contribution in [0, 0.1) is 19.8 Å². The summed E-state index contributed by atoms with van der Waals surface area (Å²) < 4.78 is 17.4. The molecule has 2 aromatic heterocycles. The average Bonchev–Trinajstić information content (AvgIpc) is 3.23. The van der Waals surface area contributed by atoms with Gasteiger partial charge in [0.1, 0.15) is 16.4 Å². The molecule has 0 spiro atoms. The molecule has 7 heteroatoms. The Morgan fingerprint density at radius 3 is 2.61 bits per heavy atom. The van der Waals surface area contributed by atoms with Gasteiger partial charge in [0.05, 0.1) is 25.7 Å². The summed E-state index contributed by atoms with van der Waals surface area (Å²) in [6, 6.07) is 11.8. The maximum atomic E-state index is 13.0. The highest BCUT2D eigenvalue weighted by atomic mass is 32.1. The summed E-state index contributed by atoms with van der Waals surface area (Å²) in [5.41, 5.74) is 4.27. The number of aromatic nitrogens is 2. The van der Waals surface area contributed by atoms with Crippen molar-refractivity contribution in [1.29, 1.82) is 0 Å². The van der Waals surface area contributed by atoms with Crippen LogP contribution in [0.15, 0.2) is 41.2 Å². The van der Waals surface area contributed by atoms with E-state index in [4.69, 9.17) is 19.2 Å². The Morgan fingerprint density at radius 2 is 1.83 bits per heavy atom. The molecular formula is C29H32N2O4S. The molecule has 0 amide bonds. The number of nitrogens with one attached hydrogen (secondary N) is 1. The average molecular weight is 505 g/mol. The standard InChI is InChI=1S/C29H32N2O4S/c1-17-7-10-22(19(3)14-17)34-12-5-13-35-23-11-8-20(16-24(23)33-4)27-30-28(32)26-21-9-6-18(2)15-25(21)36-29(26)31-27/h7-8,10-11,14,16,18H,5-6,9,12-13,15H2,1-4H3,(H,30,31,32)/t18-/m0/s1. The van der Waals surface area contributed by atoms with E-state index in [2.05, 4.69) is 37.9 Å². The van der Waals surface area contributed by atoms with Crippen molar-refractivity contribution in [2.75, 3.05) is 20.3 Å². The van der Waals surface area contributed by atoms with Gasteiger partial charge >= 0.3 is 0 Å². The zero-order valence-electron chi connectivity index (χ0n) is 21.3. The van der Waals surface area contributed by atoms with Gasteiger partial charge in [-0.15, -0.1) is 11.3 Å². The molecule has 1 aliphatic rings. The molecule has 0 fully saturated rings. The molecule has 2 aromatic carbocycles. The fraction of sp³-hybridized carbons (Fsp3) is 0.379. The van der Waals surface area contributed by atoms with Gasteiger partial charge in [0.2, 0.25) is 0 Å². The molecule has 0 bridgehead atoms. The van der Waals surface area contributed by atoms with E-state index in [-0.39, 0.29) is 5.56 Å². The van der Waals surface area contributed by atoms with Crippen molar-refractivity contribution >= 4 is 21.6 Å². The quantitative estimate of drug-likeness (QED) is 0.287. The Hall–Kier alpha value is -3.32. The Bertz CT molecular complexity index is 1460. The maximum absolute atomic E-state index is 13.0. The van der Waals surface area contributed by atoms with Crippen LogP contribution in [0.25, 0.3) is 21.6 Å². The van der Waals surface area contributed by atoms with Crippen molar-refractivity contribution < 1.29 is 14.2 Å². The number of ether oxygens (including phenoxy) is 3.